The second kappa shape index (κ2) is 5.50. The molecule has 0 aromatic rings. The van der Waals surface area contributed by atoms with Gasteiger partial charge in [-0.05, 0) is 33.2 Å². The van der Waals surface area contributed by atoms with Crippen molar-refractivity contribution in [2.75, 3.05) is 6.54 Å². The smallest absolute Gasteiger partial charge is 0.307 e. The third-order valence-corrected chi connectivity index (χ3v) is 3.74. The van der Waals surface area contributed by atoms with Crippen LogP contribution in [0.1, 0.15) is 46.5 Å². The Labute approximate surface area is 92.5 Å². The monoisotopic (exact) mass is 213 g/mol. The quantitative estimate of drug-likeness (QED) is 0.782. The Kier molecular flexibility index (Phi) is 4.58. The molecule has 1 rings (SSSR count). The standard InChI is InChI=1S/C12H23NO2/c1-9-7-5-4-6-8-13(9)11(3)10(2)12(14)15/h9-11H,4-8H2,1-3H3,(H,14,15). The van der Waals surface area contributed by atoms with Crippen LogP contribution in [-0.4, -0.2) is 34.6 Å². The molecule has 88 valence electrons. The fraction of sp³-hybridized carbons (Fsp3) is 0.917. The summed E-state index contributed by atoms with van der Waals surface area (Å²) in [7, 11) is 0. The van der Waals surface area contributed by atoms with Crippen molar-refractivity contribution >= 4 is 5.97 Å². The molecular formula is C12H23NO2. The molecule has 1 saturated heterocycles. The molecule has 1 heterocycles. The summed E-state index contributed by atoms with van der Waals surface area (Å²) in [5, 5.41) is 9.01. The first-order valence-corrected chi connectivity index (χ1v) is 6.02. The molecule has 1 N–H and O–H groups in total. The van der Waals surface area contributed by atoms with Crippen LogP contribution < -0.4 is 0 Å². The first kappa shape index (κ1) is 12.5. The Bertz CT molecular complexity index is 218. The molecule has 3 unspecified atom stereocenters. The molecule has 1 fully saturated rings. The summed E-state index contributed by atoms with van der Waals surface area (Å²) < 4.78 is 0. The van der Waals surface area contributed by atoms with Gasteiger partial charge < -0.3 is 5.11 Å². The van der Waals surface area contributed by atoms with Gasteiger partial charge in [-0.15, -0.1) is 0 Å². The summed E-state index contributed by atoms with van der Waals surface area (Å²) in [4.78, 5) is 13.3. The molecule has 1 aliphatic heterocycles. The number of carboxylic acid groups (broad SMARTS) is 1. The van der Waals surface area contributed by atoms with Crippen molar-refractivity contribution < 1.29 is 9.90 Å². The lowest BCUT2D eigenvalue weighted by atomic mass is 10.00. The number of hydrogen-bond donors (Lipinski definition) is 1. The highest BCUT2D eigenvalue weighted by Gasteiger charge is 2.28. The molecule has 0 bridgehead atoms. The number of rotatable bonds is 3. The largest absolute Gasteiger partial charge is 0.481 e. The summed E-state index contributed by atoms with van der Waals surface area (Å²) in [6.07, 6.45) is 4.98. The van der Waals surface area contributed by atoms with E-state index in [2.05, 4.69) is 11.8 Å². The van der Waals surface area contributed by atoms with E-state index in [0.717, 1.165) is 6.54 Å². The molecular weight excluding hydrogens is 190 g/mol. The van der Waals surface area contributed by atoms with Gasteiger partial charge in [0.2, 0.25) is 0 Å². The number of aliphatic carboxylic acids is 1. The van der Waals surface area contributed by atoms with Crippen LogP contribution in [0.15, 0.2) is 0 Å². The van der Waals surface area contributed by atoms with Gasteiger partial charge in [-0.3, -0.25) is 9.69 Å². The highest BCUT2D eigenvalue weighted by Crippen LogP contribution is 2.22. The molecule has 0 saturated carbocycles. The van der Waals surface area contributed by atoms with Crippen molar-refractivity contribution in [2.24, 2.45) is 5.92 Å². The topological polar surface area (TPSA) is 40.5 Å². The van der Waals surface area contributed by atoms with Crippen LogP contribution in [0.5, 0.6) is 0 Å². The van der Waals surface area contributed by atoms with Crippen LogP contribution in [0.3, 0.4) is 0 Å². The Morgan fingerprint density at radius 2 is 2.00 bits per heavy atom. The summed E-state index contributed by atoms with van der Waals surface area (Å²) in [6, 6.07) is 0.680. The number of likely N-dealkylation sites (tertiary alicyclic amines) is 1. The predicted molar refractivity (Wildman–Crippen MR) is 60.9 cm³/mol. The highest BCUT2D eigenvalue weighted by molar-refractivity contribution is 5.70. The van der Waals surface area contributed by atoms with Gasteiger partial charge >= 0.3 is 5.97 Å². The van der Waals surface area contributed by atoms with Gasteiger partial charge in [-0.1, -0.05) is 19.8 Å². The molecule has 0 aliphatic carbocycles. The Hall–Kier alpha value is -0.570. The van der Waals surface area contributed by atoms with Crippen LogP contribution in [0.25, 0.3) is 0 Å². The second-order valence-electron chi connectivity index (χ2n) is 4.80. The zero-order valence-corrected chi connectivity index (χ0v) is 10.1. The maximum atomic E-state index is 10.9. The van der Waals surface area contributed by atoms with Gasteiger partial charge in [0.1, 0.15) is 0 Å². The van der Waals surface area contributed by atoms with E-state index in [1.165, 1.54) is 25.7 Å². The van der Waals surface area contributed by atoms with Crippen molar-refractivity contribution in [2.45, 2.75) is 58.5 Å². The highest BCUT2D eigenvalue weighted by atomic mass is 16.4. The first-order chi connectivity index (χ1) is 7.04. The normalized spacial score (nSPS) is 28.1. The molecule has 15 heavy (non-hydrogen) atoms. The van der Waals surface area contributed by atoms with Crippen molar-refractivity contribution in [3.05, 3.63) is 0 Å². The van der Waals surface area contributed by atoms with Gasteiger partial charge in [0.15, 0.2) is 0 Å². The molecule has 0 aromatic heterocycles. The zero-order valence-electron chi connectivity index (χ0n) is 10.1. The van der Waals surface area contributed by atoms with E-state index < -0.39 is 5.97 Å². The second-order valence-corrected chi connectivity index (χ2v) is 4.80. The maximum Gasteiger partial charge on any atom is 0.307 e. The van der Waals surface area contributed by atoms with Crippen molar-refractivity contribution in [3.63, 3.8) is 0 Å². The summed E-state index contributed by atoms with van der Waals surface area (Å²) in [6.45, 7) is 7.13. The zero-order chi connectivity index (χ0) is 11.4. The van der Waals surface area contributed by atoms with Crippen molar-refractivity contribution in [1.82, 2.24) is 4.90 Å². The fourth-order valence-electron chi connectivity index (χ4n) is 2.40. The lowest BCUT2D eigenvalue weighted by Gasteiger charge is -2.35. The van der Waals surface area contributed by atoms with Gasteiger partial charge in [0, 0.05) is 12.1 Å². The van der Waals surface area contributed by atoms with E-state index in [-0.39, 0.29) is 12.0 Å². The SMILES string of the molecule is CC(C(=O)O)C(C)N1CCCCCC1C. The number of carboxylic acids is 1. The van der Waals surface area contributed by atoms with E-state index in [1.54, 1.807) is 0 Å². The molecule has 1 aliphatic rings. The van der Waals surface area contributed by atoms with E-state index in [4.69, 9.17) is 5.11 Å². The van der Waals surface area contributed by atoms with Crippen LogP contribution in [0.4, 0.5) is 0 Å². The molecule has 3 heteroatoms. The van der Waals surface area contributed by atoms with E-state index in [1.807, 2.05) is 13.8 Å². The van der Waals surface area contributed by atoms with Crippen molar-refractivity contribution in [3.8, 4) is 0 Å². The lowest BCUT2D eigenvalue weighted by Crippen LogP contribution is -2.45. The summed E-state index contributed by atoms with van der Waals surface area (Å²) in [5.74, 6) is -0.954. The average molecular weight is 213 g/mol. The van der Waals surface area contributed by atoms with Gasteiger partial charge in [0.05, 0.1) is 5.92 Å². The number of carbonyl (C=O) groups is 1. The molecule has 0 amide bonds. The van der Waals surface area contributed by atoms with Gasteiger partial charge in [-0.2, -0.15) is 0 Å². The third-order valence-electron chi connectivity index (χ3n) is 3.74. The van der Waals surface area contributed by atoms with Crippen LogP contribution in [-0.2, 0) is 4.79 Å². The van der Waals surface area contributed by atoms with Gasteiger partial charge in [0.25, 0.3) is 0 Å². The lowest BCUT2D eigenvalue weighted by molar-refractivity contribution is -0.143. The number of hydrogen-bond acceptors (Lipinski definition) is 2. The Balaban J connectivity index is 2.62. The molecule has 3 nitrogen and oxygen atoms in total. The molecule has 0 spiro atoms. The van der Waals surface area contributed by atoms with E-state index in [9.17, 15) is 4.79 Å². The molecule has 3 atom stereocenters. The van der Waals surface area contributed by atoms with E-state index in [0.29, 0.717) is 6.04 Å². The summed E-state index contributed by atoms with van der Waals surface area (Å²) >= 11 is 0. The van der Waals surface area contributed by atoms with Crippen LogP contribution >= 0.6 is 0 Å². The predicted octanol–water partition coefficient (Wildman–Crippen LogP) is 2.36. The maximum absolute atomic E-state index is 10.9. The third kappa shape index (κ3) is 3.20. The van der Waals surface area contributed by atoms with E-state index >= 15 is 0 Å². The van der Waals surface area contributed by atoms with Crippen LogP contribution in [0.2, 0.25) is 0 Å². The number of nitrogens with zero attached hydrogens (tertiary/aromatic N) is 1. The first-order valence-electron chi connectivity index (χ1n) is 6.02. The van der Waals surface area contributed by atoms with Gasteiger partial charge in [-0.25, -0.2) is 0 Å². The fourth-order valence-corrected chi connectivity index (χ4v) is 2.40. The van der Waals surface area contributed by atoms with Crippen molar-refractivity contribution in [1.29, 1.82) is 0 Å². The average Bonchev–Trinajstić information content (AvgIpc) is 2.40. The minimum Gasteiger partial charge on any atom is -0.481 e. The molecule has 0 aromatic carbocycles. The minimum absolute atomic E-state index is 0.149. The Morgan fingerprint density at radius 3 is 2.60 bits per heavy atom. The van der Waals surface area contributed by atoms with Crippen LogP contribution in [0, 0.1) is 5.92 Å². The molecule has 0 radical (unpaired) electrons. The minimum atomic E-state index is -0.682. The Morgan fingerprint density at radius 1 is 1.33 bits per heavy atom. The summed E-state index contributed by atoms with van der Waals surface area (Å²) in [5.41, 5.74) is 0.